The van der Waals surface area contributed by atoms with E-state index in [1.54, 1.807) is 19.2 Å². The largest absolute Gasteiger partial charge is 0.494 e. The maximum absolute atomic E-state index is 10.9. The van der Waals surface area contributed by atoms with Gasteiger partial charge < -0.3 is 10.5 Å². The predicted molar refractivity (Wildman–Crippen MR) is 64.1 cm³/mol. The zero-order valence-corrected chi connectivity index (χ0v) is 10.5. The van der Waals surface area contributed by atoms with Crippen LogP contribution in [0.15, 0.2) is 29.0 Å². The van der Waals surface area contributed by atoms with Crippen molar-refractivity contribution in [2.45, 2.75) is 0 Å². The third-order valence-corrected chi connectivity index (χ3v) is 2.59. The Bertz CT molecular complexity index is 567. The summed E-state index contributed by atoms with van der Waals surface area (Å²) in [6, 6.07) is 5.42. The van der Waals surface area contributed by atoms with E-state index in [0.717, 1.165) is 4.47 Å². The van der Waals surface area contributed by atoms with Crippen LogP contribution in [-0.2, 0) is 0 Å². The molecule has 1 aromatic carbocycles. The van der Waals surface area contributed by atoms with Crippen LogP contribution >= 0.6 is 15.9 Å². The summed E-state index contributed by atoms with van der Waals surface area (Å²) in [4.78, 5) is 14.7. The van der Waals surface area contributed by atoms with Gasteiger partial charge in [0.25, 0.3) is 5.91 Å². The van der Waals surface area contributed by atoms with E-state index in [9.17, 15) is 4.79 Å². The van der Waals surface area contributed by atoms with Crippen molar-refractivity contribution in [2.75, 3.05) is 7.11 Å². The van der Waals surface area contributed by atoms with Crippen molar-refractivity contribution >= 4 is 21.8 Å². The third kappa shape index (κ3) is 2.28. The number of nitrogens with zero attached hydrogens (tertiary/aromatic N) is 3. The van der Waals surface area contributed by atoms with Crippen LogP contribution < -0.4 is 10.5 Å². The average Bonchev–Trinajstić information content (AvgIpc) is 2.78. The number of benzene rings is 1. The zero-order valence-electron chi connectivity index (χ0n) is 8.92. The van der Waals surface area contributed by atoms with Gasteiger partial charge in [-0.15, -0.1) is 5.10 Å². The number of primary amides is 1. The highest BCUT2D eigenvalue weighted by molar-refractivity contribution is 9.10. The van der Waals surface area contributed by atoms with Crippen molar-refractivity contribution in [3.8, 4) is 11.4 Å². The van der Waals surface area contributed by atoms with Gasteiger partial charge in [0.15, 0.2) is 0 Å². The summed E-state index contributed by atoms with van der Waals surface area (Å²) < 4.78 is 7.53. The maximum atomic E-state index is 10.9. The molecule has 1 heterocycles. The second-order valence-corrected chi connectivity index (χ2v) is 4.11. The van der Waals surface area contributed by atoms with Crippen LogP contribution in [0.25, 0.3) is 5.69 Å². The van der Waals surface area contributed by atoms with Gasteiger partial charge in [0, 0.05) is 4.47 Å². The number of amides is 1. The first-order chi connectivity index (χ1) is 8.11. The second-order valence-electron chi connectivity index (χ2n) is 3.19. The van der Waals surface area contributed by atoms with Crippen LogP contribution in [0.4, 0.5) is 0 Å². The van der Waals surface area contributed by atoms with E-state index in [1.165, 1.54) is 11.0 Å². The quantitative estimate of drug-likeness (QED) is 0.920. The molecule has 0 bridgehead atoms. The molecule has 1 aromatic heterocycles. The van der Waals surface area contributed by atoms with E-state index in [4.69, 9.17) is 10.5 Å². The fourth-order valence-electron chi connectivity index (χ4n) is 1.33. The van der Waals surface area contributed by atoms with Gasteiger partial charge in [-0.05, 0) is 18.2 Å². The molecule has 6 nitrogen and oxygen atoms in total. The fraction of sp³-hybridized carbons (Fsp3) is 0.100. The highest BCUT2D eigenvalue weighted by Gasteiger charge is 2.11. The molecule has 0 radical (unpaired) electrons. The Balaban J connectivity index is 2.48. The lowest BCUT2D eigenvalue weighted by atomic mass is 10.3. The van der Waals surface area contributed by atoms with E-state index < -0.39 is 5.91 Å². The SMILES string of the molecule is COc1cc(Br)ccc1-n1cnc(C(N)=O)n1. The Kier molecular flexibility index (Phi) is 3.10. The number of rotatable bonds is 3. The molecule has 0 atom stereocenters. The monoisotopic (exact) mass is 296 g/mol. The van der Waals surface area contributed by atoms with Crippen LogP contribution in [0.3, 0.4) is 0 Å². The minimum absolute atomic E-state index is 0.0324. The molecule has 0 fully saturated rings. The van der Waals surface area contributed by atoms with E-state index >= 15 is 0 Å². The Labute approximate surface area is 106 Å². The lowest BCUT2D eigenvalue weighted by molar-refractivity contribution is 0.0990. The van der Waals surface area contributed by atoms with Crippen LogP contribution in [-0.4, -0.2) is 27.8 Å². The first-order valence-electron chi connectivity index (χ1n) is 4.67. The number of aromatic nitrogens is 3. The van der Waals surface area contributed by atoms with Crippen LogP contribution in [0.2, 0.25) is 0 Å². The molecule has 7 heteroatoms. The lowest BCUT2D eigenvalue weighted by Crippen LogP contribution is -2.13. The molecular weight excluding hydrogens is 288 g/mol. The lowest BCUT2D eigenvalue weighted by Gasteiger charge is -2.07. The van der Waals surface area contributed by atoms with E-state index in [0.29, 0.717) is 11.4 Å². The number of methoxy groups -OCH3 is 1. The molecule has 0 unspecified atom stereocenters. The normalized spacial score (nSPS) is 10.2. The molecule has 2 N–H and O–H groups in total. The summed E-state index contributed by atoms with van der Waals surface area (Å²) in [6.07, 6.45) is 1.41. The summed E-state index contributed by atoms with van der Waals surface area (Å²) in [5.74, 6) is -0.0879. The fourth-order valence-corrected chi connectivity index (χ4v) is 1.67. The van der Waals surface area contributed by atoms with Crippen LogP contribution in [0, 0.1) is 0 Å². The van der Waals surface area contributed by atoms with E-state index in [-0.39, 0.29) is 5.82 Å². The number of carbonyl (C=O) groups excluding carboxylic acids is 1. The van der Waals surface area contributed by atoms with Gasteiger partial charge in [0.1, 0.15) is 17.8 Å². The number of nitrogens with two attached hydrogens (primary N) is 1. The maximum Gasteiger partial charge on any atom is 0.288 e. The molecule has 0 spiro atoms. The third-order valence-electron chi connectivity index (χ3n) is 2.10. The molecule has 0 saturated carbocycles. The second kappa shape index (κ2) is 4.54. The minimum Gasteiger partial charge on any atom is -0.494 e. The summed E-state index contributed by atoms with van der Waals surface area (Å²) in [5.41, 5.74) is 5.76. The van der Waals surface area contributed by atoms with Crippen molar-refractivity contribution in [2.24, 2.45) is 5.73 Å². The summed E-state index contributed by atoms with van der Waals surface area (Å²) in [5, 5.41) is 3.95. The molecule has 0 aliphatic rings. The topological polar surface area (TPSA) is 83.0 Å². The summed E-state index contributed by atoms with van der Waals surface area (Å²) in [6.45, 7) is 0. The molecule has 0 aliphatic heterocycles. The number of hydrogen-bond acceptors (Lipinski definition) is 4. The number of ether oxygens (including phenoxy) is 1. The molecule has 1 amide bonds. The van der Waals surface area contributed by atoms with Gasteiger partial charge in [-0.25, -0.2) is 9.67 Å². The standard InChI is InChI=1S/C10H9BrN4O2/c1-17-8-4-6(11)2-3-7(8)15-5-13-10(14-15)9(12)16/h2-5H,1H3,(H2,12,16). The average molecular weight is 297 g/mol. The number of carbonyl (C=O) groups is 1. The summed E-state index contributed by atoms with van der Waals surface area (Å²) >= 11 is 3.34. The van der Waals surface area contributed by atoms with Crippen molar-refractivity contribution in [3.05, 3.63) is 34.8 Å². The van der Waals surface area contributed by atoms with Crippen molar-refractivity contribution < 1.29 is 9.53 Å². The first kappa shape index (κ1) is 11.6. The molecule has 88 valence electrons. The Morgan fingerprint density at radius 1 is 1.53 bits per heavy atom. The van der Waals surface area contributed by atoms with Gasteiger partial charge in [-0.3, -0.25) is 4.79 Å². The van der Waals surface area contributed by atoms with Crippen molar-refractivity contribution in [3.63, 3.8) is 0 Å². The van der Waals surface area contributed by atoms with Gasteiger partial charge in [-0.2, -0.15) is 0 Å². The minimum atomic E-state index is -0.667. The molecule has 0 aliphatic carbocycles. The van der Waals surface area contributed by atoms with Gasteiger partial charge in [0.2, 0.25) is 5.82 Å². The van der Waals surface area contributed by atoms with E-state index in [2.05, 4.69) is 26.0 Å². The Morgan fingerprint density at radius 2 is 2.29 bits per heavy atom. The molecule has 2 rings (SSSR count). The summed E-state index contributed by atoms with van der Waals surface area (Å²) in [7, 11) is 1.55. The van der Waals surface area contributed by atoms with Crippen molar-refractivity contribution in [1.29, 1.82) is 0 Å². The van der Waals surface area contributed by atoms with Crippen molar-refractivity contribution in [1.82, 2.24) is 14.8 Å². The van der Waals surface area contributed by atoms with E-state index in [1.807, 2.05) is 6.07 Å². The van der Waals surface area contributed by atoms with Gasteiger partial charge in [-0.1, -0.05) is 15.9 Å². The smallest absolute Gasteiger partial charge is 0.288 e. The van der Waals surface area contributed by atoms with Gasteiger partial charge >= 0.3 is 0 Å². The zero-order chi connectivity index (χ0) is 12.4. The predicted octanol–water partition coefficient (Wildman–Crippen LogP) is 1.14. The molecule has 2 aromatic rings. The first-order valence-corrected chi connectivity index (χ1v) is 5.46. The molecule has 0 saturated heterocycles. The Morgan fingerprint density at radius 3 is 2.88 bits per heavy atom. The Hall–Kier alpha value is -1.89. The number of hydrogen-bond donors (Lipinski definition) is 1. The van der Waals surface area contributed by atoms with Crippen LogP contribution in [0.5, 0.6) is 5.75 Å². The number of halogens is 1. The highest BCUT2D eigenvalue weighted by atomic mass is 79.9. The van der Waals surface area contributed by atoms with Gasteiger partial charge in [0.05, 0.1) is 7.11 Å². The highest BCUT2D eigenvalue weighted by Crippen LogP contribution is 2.25. The van der Waals surface area contributed by atoms with Crippen LogP contribution in [0.1, 0.15) is 10.6 Å². The molecular formula is C10H9BrN4O2. The molecule has 17 heavy (non-hydrogen) atoms.